The quantitative estimate of drug-likeness (QED) is 0.472. The van der Waals surface area contributed by atoms with Gasteiger partial charge in [0.05, 0.1) is 6.20 Å². The summed E-state index contributed by atoms with van der Waals surface area (Å²) in [5, 5.41) is 10.9. The topological polar surface area (TPSA) is 99.9 Å². The van der Waals surface area contributed by atoms with Crippen molar-refractivity contribution in [3.05, 3.63) is 41.5 Å². The molecule has 5 heterocycles. The maximum absolute atomic E-state index is 5.97. The number of nitrogens with one attached hydrogen (secondary N) is 1. The number of hydrogen-bond donors (Lipinski definition) is 2. The molecule has 0 bridgehead atoms. The van der Waals surface area contributed by atoms with Gasteiger partial charge in [0.15, 0.2) is 17.0 Å². The van der Waals surface area contributed by atoms with Crippen LogP contribution >= 0.6 is 11.3 Å². The van der Waals surface area contributed by atoms with Gasteiger partial charge in [0.25, 0.3) is 0 Å². The SMILES string of the molecule is CC1(CN)CCN(c2cnc3c(N4CCCc5c(-c6nccs6)cccc54)n[nH]c3n2)CC1. The zero-order chi connectivity index (χ0) is 22.4. The van der Waals surface area contributed by atoms with Crippen molar-refractivity contribution in [2.75, 3.05) is 36.0 Å². The number of thiazole rings is 1. The number of anilines is 3. The fourth-order valence-electron chi connectivity index (χ4n) is 5.00. The monoisotopic (exact) mass is 460 g/mol. The van der Waals surface area contributed by atoms with Crippen LogP contribution in [0.4, 0.5) is 17.3 Å². The second kappa shape index (κ2) is 8.07. The zero-order valence-corrected chi connectivity index (χ0v) is 19.6. The van der Waals surface area contributed by atoms with Crippen LogP contribution in [0.2, 0.25) is 0 Å². The van der Waals surface area contributed by atoms with Crippen LogP contribution in [0.25, 0.3) is 21.7 Å². The number of benzene rings is 1. The minimum atomic E-state index is 0.230. The Morgan fingerprint density at radius 3 is 2.85 bits per heavy atom. The molecule has 9 heteroatoms. The van der Waals surface area contributed by atoms with Gasteiger partial charge in [-0.05, 0) is 49.3 Å². The maximum atomic E-state index is 5.97. The summed E-state index contributed by atoms with van der Waals surface area (Å²) >= 11 is 1.68. The van der Waals surface area contributed by atoms with E-state index >= 15 is 0 Å². The van der Waals surface area contributed by atoms with E-state index in [1.54, 1.807) is 11.3 Å². The number of aromatic amines is 1. The van der Waals surface area contributed by atoms with Crippen molar-refractivity contribution < 1.29 is 0 Å². The number of aromatic nitrogens is 5. The Kier molecular flexibility index (Phi) is 5.03. The Bertz CT molecular complexity index is 1270. The minimum absolute atomic E-state index is 0.230. The molecule has 3 aromatic heterocycles. The first kappa shape index (κ1) is 20.6. The van der Waals surface area contributed by atoms with E-state index in [-0.39, 0.29) is 5.41 Å². The van der Waals surface area contributed by atoms with Crippen LogP contribution in [-0.2, 0) is 6.42 Å². The summed E-state index contributed by atoms with van der Waals surface area (Å²) in [4.78, 5) is 18.8. The Labute approximate surface area is 196 Å². The Hall–Kier alpha value is -3.04. The third kappa shape index (κ3) is 3.55. The first-order valence-corrected chi connectivity index (χ1v) is 12.5. The smallest absolute Gasteiger partial charge is 0.183 e. The van der Waals surface area contributed by atoms with E-state index in [0.29, 0.717) is 0 Å². The molecule has 0 radical (unpaired) electrons. The standard InChI is InChI=1S/C24H28N8S/c1-24(15-25)7-11-31(12-8-24)19-14-27-20-21(28-19)29-30-22(20)32-10-3-5-16-17(4-2-6-18(16)32)23-26-9-13-33-23/h2,4,6,9,13-14H,3,5,7-8,10-12,15,25H2,1H3,(H,28,29,30). The molecule has 0 unspecified atom stereocenters. The van der Waals surface area contributed by atoms with E-state index in [1.807, 2.05) is 17.8 Å². The predicted molar refractivity (Wildman–Crippen MR) is 133 cm³/mol. The predicted octanol–water partition coefficient (Wildman–Crippen LogP) is 4.13. The summed E-state index contributed by atoms with van der Waals surface area (Å²) in [5.41, 5.74) is 11.5. The lowest BCUT2D eigenvalue weighted by atomic mass is 9.80. The van der Waals surface area contributed by atoms with Crippen LogP contribution in [0.15, 0.2) is 36.0 Å². The Morgan fingerprint density at radius 1 is 1.18 bits per heavy atom. The van der Waals surface area contributed by atoms with Crippen LogP contribution in [0.5, 0.6) is 0 Å². The van der Waals surface area contributed by atoms with E-state index in [0.717, 1.165) is 79.7 Å². The molecule has 3 N–H and O–H groups in total. The second-order valence-electron chi connectivity index (χ2n) is 9.37. The molecule has 33 heavy (non-hydrogen) atoms. The molecule has 1 saturated heterocycles. The average molecular weight is 461 g/mol. The number of nitrogens with two attached hydrogens (primary N) is 1. The molecule has 8 nitrogen and oxygen atoms in total. The van der Waals surface area contributed by atoms with Crippen LogP contribution in [0.1, 0.15) is 31.7 Å². The van der Waals surface area contributed by atoms with Crippen molar-refractivity contribution in [3.63, 3.8) is 0 Å². The molecule has 0 saturated carbocycles. The highest BCUT2D eigenvalue weighted by Crippen LogP contribution is 2.40. The molecule has 2 aliphatic heterocycles. The van der Waals surface area contributed by atoms with Crippen molar-refractivity contribution in [1.29, 1.82) is 0 Å². The molecule has 1 aromatic carbocycles. The number of hydrogen-bond acceptors (Lipinski definition) is 8. The normalized spacial score (nSPS) is 18.0. The van der Waals surface area contributed by atoms with Gasteiger partial charge in [0.1, 0.15) is 10.8 Å². The van der Waals surface area contributed by atoms with Gasteiger partial charge < -0.3 is 15.5 Å². The summed E-state index contributed by atoms with van der Waals surface area (Å²) < 4.78 is 0. The molecule has 2 aliphatic rings. The number of H-pyrrole nitrogens is 1. The fraction of sp³-hybridized carbons (Fsp3) is 0.417. The first-order valence-electron chi connectivity index (χ1n) is 11.6. The fourth-order valence-corrected chi connectivity index (χ4v) is 5.69. The molecule has 0 spiro atoms. The lowest BCUT2D eigenvalue weighted by Crippen LogP contribution is -2.42. The summed E-state index contributed by atoms with van der Waals surface area (Å²) in [6.07, 6.45) is 8.00. The highest BCUT2D eigenvalue weighted by Gasteiger charge is 2.30. The lowest BCUT2D eigenvalue weighted by Gasteiger charge is -2.39. The Morgan fingerprint density at radius 2 is 2.06 bits per heavy atom. The van der Waals surface area contributed by atoms with Crippen LogP contribution < -0.4 is 15.5 Å². The van der Waals surface area contributed by atoms with E-state index in [2.05, 4.69) is 50.1 Å². The average Bonchev–Trinajstić information content (AvgIpc) is 3.54. The third-order valence-corrected chi connectivity index (χ3v) is 8.00. The largest absolute Gasteiger partial charge is 0.355 e. The number of fused-ring (bicyclic) bond motifs is 2. The molecule has 4 aromatic rings. The summed E-state index contributed by atoms with van der Waals surface area (Å²) in [6.45, 7) is 5.82. The highest BCUT2D eigenvalue weighted by molar-refractivity contribution is 7.13. The highest BCUT2D eigenvalue weighted by atomic mass is 32.1. The van der Waals surface area contributed by atoms with Crippen LogP contribution in [0.3, 0.4) is 0 Å². The van der Waals surface area contributed by atoms with Gasteiger partial charge in [0.2, 0.25) is 0 Å². The van der Waals surface area contributed by atoms with E-state index in [1.165, 1.54) is 16.8 Å². The number of piperidine rings is 1. The molecule has 0 atom stereocenters. The number of nitrogens with zero attached hydrogens (tertiary/aromatic N) is 6. The third-order valence-electron chi connectivity index (χ3n) is 7.20. The molecule has 0 aliphatic carbocycles. The zero-order valence-electron chi connectivity index (χ0n) is 18.8. The van der Waals surface area contributed by atoms with Crippen molar-refractivity contribution in [1.82, 2.24) is 25.1 Å². The number of rotatable bonds is 4. The van der Waals surface area contributed by atoms with Crippen molar-refractivity contribution >= 4 is 39.8 Å². The van der Waals surface area contributed by atoms with Gasteiger partial charge in [-0.3, -0.25) is 5.10 Å². The summed E-state index contributed by atoms with van der Waals surface area (Å²) in [7, 11) is 0. The van der Waals surface area contributed by atoms with Gasteiger partial charge >= 0.3 is 0 Å². The second-order valence-corrected chi connectivity index (χ2v) is 10.3. The lowest BCUT2D eigenvalue weighted by molar-refractivity contribution is 0.258. The molecular formula is C24H28N8S. The van der Waals surface area contributed by atoms with Crippen molar-refractivity contribution in [3.8, 4) is 10.6 Å². The molecule has 0 amide bonds. The Balaban J connectivity index is 1.32. The van der Waals surface area contributed by atoms with Gasteiger partial charge in [-0.2, -0.15) is 5.10 Å². The molecule has 170 valence electrons. The van der Waals surface area contributed by atoms with E-state index in [9.17, 15) is 0 Å². The van der Waals surface area contributed by atoms with Gasteiger partial charge in [0, 0.05) is 42.5 Å². The maximum Gasteiger partial charge on any atom is 0.183 e. The van der Waals surface area contributed by atoms with E-state index in [4.69, 9.17) is 15.7 Å². The summed E-state index contributed by atoms with van der Waals surface area (Å²) in [6, 6.07) is 6.46. The molecule has 1 fully saturated rings. The van der Waals surface area contributed by atoms with Gasteiger partial charge in [-0.25, -0.2) is 15.0 Å². The van der Waals surface area contributed by atoms with Gasteiger partial charge in [-0.1, -0.05) is 19.1 Å². The van der Waals surface area contributed by atoms with Crippen LogP contribution in [-0.4, -0.2) is 51.3 Å². The van der Waals surface area contributed by atoms with Gasteiger partial charge in [-0.15, -0.1) is 11.3 Å². The van der Waals surface area contributed by atoms with Crippen molar-refractivity contribution in [2.24, 2.45) is 11.1 Å². The van der Waals surface area contributed by atoms with E-state index < -0.39 is 0 Å². The summed E-state index contributed by atoms with van der Waals surface area (Å²) in [5.74, 6) is 1.75. The van der Waals surface area contributed by atoms with Crippen LogP contribution in [0, 0.1) is 5.41 Å². The van der Waals surface area contributed by atoms with Crippen molar-refractivity contribution in [2.45, 2.75) is 32.6 Å². The first-order chi connectivity index (χ1) is 16.1. The molecular weight excluding hydrogens is 432 g/mol. The molecule has 6 rings (SSSR count). The minimum Gasteiger partial charge on any atom is -0.355 e.